The van der Waals surface area contributed by atoms with Gasteiger partial charge >= 0.3 is 0 Å². The van der Waals surface area contributed by atoms with E-state index in [-0.39, 0.29) is 5.82 Å². The lowest BCUT2D eigenvalue weighted by atomic mass is 10.1. The molecule has 2 aromatic rings. The molecule has 2 aromatic carbocycles. The molecule has 0 amide bonds. The highest BCUT2D eigenvalue weighted by atomic mass is 35.5. The molecule has 0 saturated carbocycles. The molecule has 112 valence electrons. The first kappa shape index (κ1) is 16.0. The van der Waals surface area contributed by atoms with E-state index < -0.39 is 0 Å². The van der Waals surface area contributed by atoms with E-state index in [0.717, 1.165) is 19.5 Å². The molecular weight excluding hydrogens is 287 g/mol. The second kappa shape index (κ2) is 8.13. The lowest BCUT2D eigenvalue weighted by Gasteiger charge is -2.22. The first-order valence-corrected chi connectivity index (χ1v) is 7.47. The van der Waals surface area contributed by atoms with Crippen molar-refractivity contribution < 1.29 is 4.39 Å². The summed E-state index contributed by atoms with van der Waals surface area (Å²) in [5, 5.41) is 0.560. The van der Waals surface area contributed by atoms with Gasteiger partial charge in [-0.1, -0.05) is 41.9 Å². The quantitative estimate of drug-likeness (QED) is 0.842. The second-order valence-electron chi connectivity index (χ2n) is 5.07. The standard InChI is InChI=1S/C17H20ClFN2/c18-16-7-8-17(19)15(11-16)13-21(10-4-9-20)12-14-5-2-1-3-6-14/h1-3,5-8,11H,4,9-10,12-13,20H2. The maximum Gasteiger partial charge on any atom is 0.127 e. The summed E-state index contributed by atoms with van der Waals surface area (Å²) in [5.41, 5.74) is 7.42. The molecule has 2 nitrogen and oxygen atoms in total. The van der Waals surface area contributed by atoms with Gasteiger partial charge in [-0.05, 0) is 36.7 Å². The molecule has 0 aliphatic heterocycles. The number of hydrogen-bond donors (Lipinski definition) is 1. The van der Waals surface area contributed by atoms with Gasteiger partial charge in [0.15, 0.2) is 0 Å². The minimum absolute atomic E-state index is 0.217. The van der Waals surface area contributed by atoms with Gasteiger partial charge in [0.05, 0.1) is 0 Å². The fourth-order valence-electron chi connectivity index (χ4n) is 2.28. The van der Waals surface area contributed by atoms with Gasteiger partial charge in [0, 0.05) is 30.2 Å². The SMILES string of the molecule is NCCCN(Cc1ccccc1)Cc1cc(Cl)ccc1F. The van der Waals surface area contributed by atoms with Crippen LogP contribution < -0.4 is 5.73 Å². The summed E-state index contributed by atoms with van der Waals surface area (Å²) >= 11 is 5.96. The van der Waals surface area contributed by atoms with Crippen molar-refractivity contribution in [2.45, 2.75) is 19.5 Å². The molecule has 21 heavy (non-hydrogen) atoms. The minimum Gasteiger partial charge on any atom is -0.330 e. The molecule has 0 saturated heterocycles. The Morgan fingerprint density at radius 1 is 1.05 bits per heavy atom. The van der Waals surface area contributed by atoms with Crippen LogP contribution in [0.3, 0.4) is 0 Å². The second-order valence-corrected chi connectivity index (χ2v) is 5.51. The van der Waals surface area contributed by atoms with E-state index in [9.17, 15) is 4.39 Å². The third-order valence-electron chi connectivity index (χ3n) is 3.33. The predicted octanol–water partition coefficient (Wildman–Crippen LogP) is 3.83. The zero-order chi connectivity index (χ0) is 15.1. The van der Waals surface area contributed by atoms with Gasteiger partial charge in [-0.15, -0.1) is 0 Å². The summed E-state index contributed by atoms with van der Waals surface area (Å²) in [6.07, 6.45) is 0.884. The average Bonchev–Trinajstić information content (AvgIpc) is 2.49. The first-order valence-electron chi connectivity index (χ1n) is 7.09. The van der Waals surface area contributed by atoms with Gasteiger partial charge in [0.25, 0.3) is 0 Å². The van der Waals surface area contributed by atoms with Gasteiger partial charge in [0.1, 0.15) is 5.82 Å². The van der Waals surface area contributed by atoms with Crippen molar-refractivity contribution in [1.29, 1.82) is 0 Å². The molecule has 0 heterocycles. The van der Waals surface area contributed by atoms with E-state index in [1.807, 2.05) is 18.2 Å². The number of hydrogen-bond acceptors (Lipinski definition) is 2. The Labute approximate surface area is 130 Å². The highest BCUT2D eigenvalue weighted by molar-refractivity contribution is 6.30. The first-order chi connectivity index (χ1) is 10.2. The molecule has 0 unspecified atom stereocenters. The van der Waals surface area contributed by atoms with E-state index in [1.165, 1.54) is 11.6 Å². The molecule has 0 aliphatic rings. The summed E-state index contributed by atoms with van der Waals surface area (Å²) in [6.45, 7) is 2.76. The molecule has 0 radical (unpaired) electrons. The number of benzene rings is 2. The van der Waals surface area contributed by atoms with Crippen molar-refractivity contribution in [3.8, 4) is 0 Å². The van der Waals surface area contributed by atoms with E-state index in [0.29, 0.717) is 23.7 Å². The van der Waals surface area contributed by atoms with Gasteiger partial charge in [0.2, 0.25) is 0 Å². The molecule has 2 N–H and O–H groups in total. The summed E-state index contributed by atoms with van der Waals surface area (Å²) in [6, 6.07) is 14.8. The van der Waals surface area contributed by atoms with Crippen LogP contribution in [0.15, 0.2) is 48.5 Å². The molecule has 0 aromatic heterocycles. The van der Waals surface area contributed by atoms with Crippen LogP contribution in [0.1, 0.15) is 17.5 Å². The van der Waals surface area contributed by atoms with Crippen LogP contribution in [0, 0.1) is 5.82 Å². The summed E-state index contributed by atoms with van der Waals surface area (Å²) in [5.74, 6) is -0.217. The van der Waals surface area contributed by atoms with E-state index in [1.54, 1.807) is 12.1 Å². The molecular formula is C17H20ClFN2. The average molecular weight is 307 g/mol. The van der Waals surface area contributed by atoms with Crippen LogP contribution in [-0.2, 0) is 13.1 Å². The molecule has 0 fully saturated rings. The topological polar surface area (TPSA) is 29.3 Å². The van der Waals surface area contributed by atoms with Crippen molar-refractivity contribution in [1.82, 2.24) is 4.90 Å². The van der Waals surface area contributed by atoms with E-state index in [2.05, 4.69) is 17.0 Å². The molecule has 2 rings (SSSR count). The third-order valence-corrected chi connectivity index (χ3v) is 3.56. The van der Waals surface area contributed by atoms with Crippen LogP contribution in [0.2, 0.25) is 5.02 Å². The van der Waals surface area contributed by atoms with E-state index >= 15 is 0 Å². The lowest BCUT2D eigenvalue weighted by Crippen LogP contribution is -2.26. The zero-order valence-electron chi connectivity index (χ0n) is 11.9. The molecule has 0 aliphatic carbocycles. The Morgan fingerprint density at radius 2 is 1.81 bits per heavy atom. The smallest absolute Gasteiger partial charge is 0.127 e. The number of rotatable bonds is 7. The molecule has 0 spiro atoms. The largest absolute Gasteiger partial charge is 0.330 e. The number of nitrogens with zero attached hydrogens (tertiary/aromatic N) is 1. The maximum absolute atomic E-state index is 13.9. The lowest BCUT2D eigenvalue weighted by molar-refractivity contribution is 0.251. The summed E-state index contributed by atoms with van der Waals surface area (Å²) in [7, 11) is 0. The Hall–Kier alpha value is -1.42. The molecule has 0 atom stereocenters. The van der Waals surface area contributed by atoms with Crippen molar-refractivity contribution in [3.63, 3.8) is 0 Å². The van der Waals surface area contributed by atoms with Crippen molar-refractivity contribution in [2.75, 3.05) is 13.1 Å². The fourth-order valence-corrected chi connectivity index (χ4v) is 2.47. The predicted molar refractivity (Wildman–Crippen MR) is 85.6 cm³/mol. The minimum atomic E-state index is -0.217. The number of halogens is 2. The highest BCUT2D eigenvalue weighted by Gasteiger charge is 2.10. The Balaban J connectivity index is 2.10. The normalized spacial score (nSPS) is 11.0. The summed E-state index contributed by atoms with van der Waals surface area (Å²) in [4.78, 5) is 2.19. The van der Waals surface area contributed by atoms with Gasteiger partial charge < -0.3 is 5.73 Å². The van der Waals surface area contributed by atoms with E-state index in [4.69, 9.17) is 17.3 Å². The van der Waals surface area contributed by atoms with Crippen molar-refractivity contribution in [2.24, 2.45) is 5.73 Å². The Bertz CT molecular complexity index is 560. The van der Waals surface area contributed by atoms with Gasteiger partial charge in [-0.3, -0.25) is 4.90 Å². The Morgan fingerprint density at radius 3 is 2.52 bits per heavy atom. The third kappa shape index (κ3) is 5.12. The van der Waals surface area contributed by atoms with Crippen LogP contribution in [-0.4, -0.2) is 18.0 Å². The van der Waals surface area contributed by atoms with Gasteiger partial charge in [-0.25, -0.2) is 4.39 Å². The highest BCUT2D eigenvalue weighted by Crippen LogP contribution is 2.18. The number of nitrogens with two attached hydrogens (primary N) is 1. The van der Waals surface area contributed by atoms with Crippen LogP contribution in [0.25, 0.3) is 0 Å². The molecule has 4 heteroatoms. The van der Waals surface area contributed by atoms with Crippen LogP contribution >= 0.6 is 11.6 Å². The molecule has 0 bridgehead atoms. The zero-order valence-corrected chi connectivity index (χ0v) is 12.7. The van der Waals surface area contributed by atoms with Crippen molar-refractivity contribution in [3.05, 3.63) is 70.5 Å². The van der Waals surface area contributed by atoms with Gasteiger partial charge in [-0.2, -0.15) is 0 Å². The van der Waals surface area contributed by atoms with Crippen molar-refractivity contribution >= 4 is 11.6 Å². The summed E-state index contributed by atoms with van der Waals surface area (Å²) < 4.78 is 13.9. The van der Waals surface area contributed by atoms with Crippen LogP contribution in [0.5, 0.6) is 0 Å². The monoisotopic (exact) mass is 306 g/mol. The Kier molecular flexibility index (Phi) is 6.18. The maximum atomic E-state index is 13.9. The fraction of sp³-hybridized carbons (Fsp3) is 0.294. The van der Waals surface area contributed by atoms with Crippen LogP contribution in [0.4, 0.5) is 4.39 Å².